The van der Waals surface area contributed by atoms with Crippen molar-refractivity contribution in [1.29, 1.82) is 0 Å². The van der Waals surface area contributed by atoms with Crippen molar-refractivity contribution in [2.24, 2.45) is 0 Å². The molecule has 0 radical (unpaired) electrons. The van der Waals surface area contributed by atoms with Gasteiger partial charge >= 0.3 is 0 Å². The first-order valence-corrected chi connectivity index (χ1v) is 5.26. The monoisotopic (exact) mass is 206 g/mol. The predicted molar refractivity (Wildman–Crippen MR) is 61.9 cm³/mol. The van der Waals surface area contributed by atoms with Crippen LogP contribution in [0.1, 0.15) is 36.8 Å². The average Bonchev–Trinajstić information content (AvgIpc) is 2.27. The highest BCUT2D eigenvalue weighted by molar-refractivity contribution is 5.37. The van der Waals surface area contributed by atoms with Gasteiger partial charge in [0.1, 0.15) is 5.75 Å². The van der Waals surface area contributed by atoms with Crippen LogP contribution >= 0.6 is 0 Å². The molecule has 1 unspecified atom stereocenters. The van der Waals surface area contributed by atoms with E-state index in [1.165, 1.54) is 0 Å². The third-order valence-corrected chi connectivity index (χ3v) is 2.69. The van der Waals surface area contributed by atoms with Crippen LogP contribution in [0.15, 0.2) is 30.9 Å². The van der Waals surface area contributed by atoms with Crippen molar-refractivity contribution in [2.45, 2.75) is 32.3 Å². The highest BCUT2D eigenvalue weighted by Gasteiger charge is 2.09. The summed E-state index contributed by atoms with van der Waals surface area (Å²) in [6.07, 6.45) is 3.85. The second-order valence-electron chi connectivity index (χ2n) is 3.68. The highest BCUT2D eigenvalue weighted by atomic mass is 16.3. The fourth-order valence-corrected chi connectivity index (χ4v) is 1.73. The van der Waals surface area contributed by atoms with Gasteiger partial charge in [-0.15, -0.1) is 6.58 Å². The first kappa shape index (κ1) is 11.8. The van der Waals surface area contributed by atoms with Gasteiger partial charge in [-0.05, 0) is 36.5 Å². The second kappa shape index (κ2) is 5.56. The number of aliphatic hydroxyl groups excluding tert-OH is 1. The van der Waals surface area contributed by atoms with E-state index in [0.717, 1.165) is 18.4 Å². The summed E-state index contributed by atoms with van der Waals surface area (Å²) >= 11 is 0. The fraction of sp³-hybridized carbons (Fsp3) is 0.385. The third-order valence-electron chi connectivity index (χ3n) is 2.69. The molecule has 2 nitrogen and oxygen atoms in total. The molecule has 0 bridgehead atoms. The van der Waals surface area contributed by atoms with Gasteiger partial charge < -0.3 is 10.2 Å². The topological polar surface area (TPSA) is 40.5 Å². The summed E-state index contributed by atoms with van der Waals surface area (Å²) in [6.45, 7) is 5.74. The van der Waals surface area contributed by atoms with Crippen molar-refractivity contribution in [2.75, 3.05) is 0 Å². The molecule has 15 heavy (non-hydrogen) atoms. The van der Waals surface area contributed by atoms with Crippen LogP contribution in [0.5, 0.6) is 5.75 Å². The zero-order valence-corrected chi connectivity index (χ0v) is 9.11. The Morgan fingerprint density at radius 3 is 2.73 bits per heavy atom. The number of hydrogen-bond donors (Lipinski definition) is 2. The van der Waals surface area contributed by atoms with Crippen LogP contribution in [0.3, 0.4) is 0 Å². The maximum atomic E-state index is 9.44. The van der Waals surface area contributed by atoms with Gasteiger partial charge in [-0.25, -0.2) is 0 Å². The average molecular weight is 206 g/mol. The number of hydrogen-bond acceptors (Lipinski definition) is 2. The lowest BCUT2D eigenvalue weighted by Gasteiger charge is -2.14. The SMILES string of the molecule is C=CCC(CC)c1ccc(O)c(CO)c1. The summed E-state index contributed by atoms with van der Waals surface area (Å²) in [5.74, 6) is 0.586. The largest absolute Gasteiger partial charge is 0.508 e. The molecule has 0 aliphatic heterocycles. The summed E-state index contributed by atoms with van der Waals surface area (Å²) in [5, 5.41) is 18.5. The van der Waals surface area contributed by atoms with E-state index >= 15 is 0 Å². The minimum atomic E-state index is -0.121. The van der Waals surface area contributed by atoms with Crippen LogP contribution < -0.4 is 0 Å². The Balaban J connectivity index is 2.97. The van der Waals surface area contributed by atoms with Gasteiger partial charge in [-0.3, -0.25) is 0 Å². The van der Waals surface area contributed by atoms with E-state index in [4.69, 9.17) is 5.11 Å². The van der Waals surface area contributed by atoms with Crippen molar-refractivity contribution < 1.29 is 10.2 Å². The lowest BCUT2D eigenvalue weighted by molar-refractivity contribution is 0.275. The van der Waals surface area contributed by atoms with Gasteiger partial charge in [-0.1, -0.05) is 19.1 Å². The van der Waals surface area contributed by atoms with Gasteiger partial charge in [0.05, 0.1) is 6.61 Å². The molecule has 1 aromatic rings. The van der Waals surface area contributed by atoms with E-state index in [9.17, 15) is 5.11 Å². The Morgan fingerprint density at radius 1 is 1.47 bits per heavy atom. The number of phenols is 1. The quantitative estimate of drug-likeness (QED) is 0.727. The molecule has 0 fully saturated rings. The smallest absolute Gasteiger partial charge is 0.121 e. The zero-order valence-electron chi connectivity index (χ0n) is 9.11. The molecule has 1 atom stereocenters. The summed E-state index contributed by atoms with van der Waals surface area (Å²) in [6, 6.07) is 5.42. The summed E-state index contributed by atoms with van der Waals surface area (Å²) < 4.78 is 0. The molecule has 0 amide bonds. The molecule has 1 aromatic carbocycles. The molecule has 0 spiro atoms. The van der Waals surface area contributed by atoms with Crippen LogP contribution in [0.25, 0.3) is 0 Å². The van der Waals surface area contributed by atoms with Crippen LogP contribution in [-0.4, -0.2) is 10.2 Å². The molecule has 0 saturated heterocycles. The lowest BCUT2D eigenvalue weighted by Crippen LogP contribution is -1.97. The highest BCUT2D eigenvalue weighted by Crippen LogP contribution is 2.27. The van der Waals surface area contributed by atoms with E-state index in [1.54, 1.807) is 6.07 Å². The predicted octanol–water partition coefficient (Wildman–Crippen LogP) is 2.95. The molecule has 0 saturated carbocycles. The van der Waals surface area contributed by atoms with Gasteiger partial charge in [0.2, 0.25) is 0 Å². The molecular formula is C13H18O2. The molecule has 0 aromatic heterocycles. The molecular weight excluding hydrogens is 188 g/mol. The number of rotatable bonds is 5. The maximum absolute atomic E-state index is 9.44. The van der Waals surface area contributed by atoms with Crippen LogP contribution in [0.4, 0.5) is 0 Å². The summed E-state index contributed by atoms with van der Waals surface area (Å²) in [7, 11) is 0. The number of benzene rings is 1. The maximum Gasteiger partial charge on any atom is 0.121 e. The van der Waals surface area contributed by atoms with Crippen molar-refractivity contribution in [3.63, 3.8) is 0 Å². The van der Waals surface area contributed by atoms with Gasteiger partial charge in [-0.2, -0.15) is 0 Å². The minimum absolute atomic E-state index is 0.121. The van der Waals surface area contributed by atoms with E-state index in [-0.39, 0.29) is 12.4 Å². The zero-order chi connectivity index (χ0) is 11.3. The summed E-state index contributed by atoms with van der Waals surface area (Å²) in [4.78, 5) is 0. The first-order chi connectivity index (χ1) is 7.22. The molecule has 2 N–H and O–H groups in total. The number of aliphatic hydroxyl groups is 1. The van der Waals surface area contributed by atoms with E-state index < -0.39 is 0 Å². The second-order valence-corrected chi connectivity index (χ2v) is 3.68. The number of aromatic hydroxyl groups is 1. The van der Waals surface area contributed by atoms with E-state index in [2.05, 4.69) is 13.5 Å². The Kier molecular flexibility index (Phi) is 4.37. The van der Waals surface area contributed by atoms with Crippen LogP contribution in [0, 0.1) is 0 Å². The van der Waals surface area contributed by atoms with E-state index in [1.807, 2.05) is 18.2 Å². The fourth-order valence-electron chi connectivity index (χ4n) is 1.73. The Labute approximate surface area is 90.9 Å². The Bertz CT molecular complexity index is 331. The van der Waals surface area contributed by atoms with Crippen molar-refractivity contribution in [1.82, 2.24) is 0 Å². The number of allylic oxidation sites excluding steroid dienone is 1. The summed E-state index contributed by atoms with van der Waals surface area (Å²) in [5.41, 5.74) is 1.74. The first-order valence-electron chi connectivity index (χ1n) is 5.26. The molecule has 1 rings (SSSR count). The van der Waals surface area contributed by atoms with Crippen LogP contribution in [-0.2, 0) is 6.61 Å². The standard InChI is InChI=1S/C13H18O2/c1-3-5-10(4-2)11-6-7-13(15)12(8-11)9-14/h3,6-8,10,14-15H,1,4-5,9H2,2H3. The molecule has 0 heterocycles. The normalized spacial score (nSPS) is 12.4. The lowest BCUT2D eigenvalue weighted by atomic mass is 9.92. The van der Waals surface area contributed by atoms with Crippen molar-refractivity contribution in [3.05, 3.63) is 42.0 Å². The third kappa shape index (κ3) is 2.83. The molecule has 0 aliphatic carbocycles. The molecule has 2 heteroatoms. The minimum Gasteiger partial charge on any atom is -0.508 e. The molecule has 0 aliphatic rings. The van der Waals surface area contributed by atoms with Crippen LogP contribution in [0.2, 0.25) is 0 Å². The van der Waals surface area contributed by atoms with Gasteiger partial charge in [0, 0.05) is 5.56 Å². The Morgan fingerprint density at radius 2 is 2.20 bits per heavy atom. The van der Waals surface area contributed by atoms with Gasteiger partial charge in [0.25, 0.3) is 0 Å². The van der Waals surface area contributed by atoms with Crippen molar-refractivity contribution in [3.8, 4) is 5.75 Å². The van der Waals surface area contributed by atoms with Crippen molar-refractivity contribution >= 4 is 0 Å². The van der Waals surface area contributed by atoms with Gasteiger partial charge in [0.15, 0.2) is 0 Å². The van der Waals surface area contributed by atoms with E-state index in [0.29, 0.717) is 11.5 Å². The molecule has 82 valence electrons. The Hall–Kier alpha value is -1.28.